The van der Waals surface area contributed by atoms with Crippen molar-refractivity contribution in [1.29, 1.82) is 0 Å². The van der Waals surface area contributed by atoms with Gasteiger partial charge in [0, 0.05) is 38.6 Å². The predicted octanol–water partition coefficient (Wildman–Crippen LogP) is 2.73. The number of hydrogen-bond acceptors (Lipinski definition) is 8. The number of aromatic nitrogens is 4. The first-order valence-electron chi connectivity index (χ1n) is 11.6. The molecule has 31 heavy (non-hydrogen) atoms. The summed E-state index contributed by atoms with van der Waals surface area (Å²) in [6, 6.07) is 3.91. The van der Waals surface area contributed by atoms with E-state index in [-0.39, 0.29) is 6.61 Å². The summed E-state index contributed by atoms with van der Waals surface area (Å²) >= 11 is 0. The third kappa shape index (κ3) is 5.49. The summed E-state index contributed by atoms with van der Waals surface area (Å²) in [4.78, 5) is 22.1. The quantitative estimate of drug-likeness (QED) is 0.753. The second-order valence-corrected chi connectivity index (χ2v) is 8.79. The molecule has 2 aromatic heterocycles. The standard InChI is InChI=1S/C23H34N6O2/c1-17(31)23-25-11-7-22(27-23)29-13-3-5-19(9-15-29)18-4-2-12-28(14-8-18)21-6-10-24-20(16-30)26-21/h6-7,10-11,17-19,30-31H,2-5,8-9,12-16H2,1H3. The molecule has 8 heteroatoms. The summed E-state index contributed by atoms with van der Waals surface area (Å²) in [5, 5.41) is 19.1. The first-order valence-corrected chi connectivity index (χ1v) is 11.6. The molecule has 0 spiro atoms. The van der Waals surface area contributed by atoms with E-state index in [4.69, 9.17) is 0 Å². The lowest BCUT2D eigenvalue weighted by Crippen LogP contribution is -2.27. The molecule has 2 saturated heterocycles. The minimum atomic E-state index is -0.642. The van der Waals surface area contributed by atoms with Crippen molar-refractivity contribution in [2.45, 2.75) is 58.2 Å². The van der Waals surface area contributed by atoms with Crippen LogP contribution in [0.5, 0.6) is 0 Å². The number of aliphatic hydroxyl groups excluding tert-OH is 2. The molecule has 2 aliphatic rings. The maximum absolute atomic E-state index is 9.81. The van der Waals surface area contributed by atoms with Crippen LogP contribution in [0.2, 0.25) is 0 Å². The Bertz CT molecular complexity index is 848. The van der Waals surface area contributed by atoms with Crippen LogP contribution in [-0.2, 0) is 6.61 Å². The fourth-order valence-corrected chi connectivity index (χ4v) is 5.03. The first-order chi connectivity index (χ1) is 15.1. The van der Waals surface area contributed by atoms with Crippen LogP contribution in [0.1, 0.15) is 63.2 Å². The molecule has 2 aliphatic heterocycles. The zero-order valence-corrected chi connectivity index (χ0v) is 18.4. The van der Waals surface area contributed by atoms with E-state index < -0.39 is 6.10 Å². The zero-order valence-electron chi connectivity index (χ0n) is 18.4. The number of nitrogens with zero attached hydrogens (tertiary/aromatic N) is 6. The normalized spacial score (nSPS) is 23.8. The van der Waals surface area contributed by atoms with Crippen molar-refractivity contribution in [2.75, 3.05) is 36.0 Å². The highest BCUT2D eigenvalue weighted by Crippen LogP contribution is 2.34. The summed E-state index contributed by atoms with van der Waals surface area (Å²) < 4.78 is 0. The van der Waals surface area contributed by atoms with Crippen LogP contribution < -0.4 is 9.80 Å². The maximum Gasteiger partial charge on any atom is 0.158 e. The van der Waals surface area contributed by atoms with Crippen LogP contribution in [0, 0.1) is 11.8 Å². The van der Waals surface area contributed by atoms with Gasteiger partial charge < -0.3 is 20.0 Å². The molecule has 0 amide bonds. The van der Waals surface area contributed by atoms with Crippen LogP contribution >= 0.6 is 0 Å². The highest BCUT2D eigenvalue weighted by Gasteiger charge is 2.28. The summed E-state index contributed by atoms with van der Waals surface area (Å²) in [7, 11) is 0. The monoisotopic (exact) mass is 426 g/mol. The Hall–Kier alpha value is -2.32. The summed E-state index contributed by atoms with van der Waals surface area (Å²) in [6.07, 6.45) is 10.1. The molecule has 3 atom stereocenters. The van der Waals surface area contributed by atoms with E-state index in [2.05, 4.69) is 29.7 Å². The molecule has 0 saturated carbocycles. The fourth-order valence-electron chi connectivity index (χ4n) is 5.03. The van der Waals surface area contributed by atoms with Crippen LogP contribution in [0.25, 0.3) is 0 Å². The molecular formula is C23H34N6O2. The molecule has 0 bridgehead atoms. The van der Waals surface area contributed by atoms with Crippen LogP contribution in [-0.4, -0.2) is 56.3 Å². The average Bonchev–Trinajstić information content (AvgIpc) is 3.20. The van der Waals surface area contributed by atoms with Crippen molar-refractivity contribution in [3.8, 4) is 0 Å². The maximum atomic E-state index is 9.81. The van der Waals surface area contributed by atoms with Crippen molar-refractivity contribution < 1.29 is 10.2 Å². The van der Waals surface area contributed by atoms with Gasteiger partial charge in [0.2, 0.25) is 0 Å². The van der Waals surface area contributed by atoms with E-state index in [9.17, 15) is 10.2 Å². The van der Waals surface area contributed by atoms with Crippen LogP contribution in [0.15, 0.2) is 24.5 Å². The Labute approximate surface area is 184 Å². The number of hydrogen-bond donors (Lipinski definition) is 2. The predicted molar refractivity (Wildman–Crippen MR) is 120 cm³/mol. The van der Waals surface area contributed by atoms with Gasteiger partial charge in [0.05, 0.1) is 0 Å². The number of anilines is 2. The van der Waals surface area contributed by atoms with E-state index in [1.807, 2.05) is 12.1 Å². The molecule has 0 radical (unpaired) electrons. The van der Waals surface area contributed by atoms with Crippen molar-refractivity contribution in [2.24, 2.45) is 11.8 Å². The summed E-state index contributed by atoms with van der Waals surface area (Å²) in [5.41, 5.74) is 0. The molecule has 3 unspecified atom stereocenters. The van der Waals surface area contributed by atoms with Gasteiger partial charge in [0.1, 0.15) is 24.3 Å². The lowest BCUT2D eigenvalue weighted by atomic mass is 9.82. The largest absolute Gasteiger partial charge is 0.388 e. The van der Waals surface area contributed by atoms with Gasteiger partial charge in [-0.2, -0.15) is 0 Å². The second-order valence-electron chi connectivity index (χ2n) is 8.79. The third-order valence-corrected chi connectivity index (χ3v) is 6.73. The van der Waals surface area contributed by atoms with E-state index in [1.54, 1.807) is 19.3 Å². The summed E-state index contributed by atoms with van der Waals surface area (Å²) in [6.45, 7) is 5.63. The lowest BCUT2D eigenvalue weighted by Gasteiger charge is -2.26. The molecular weight excluding hydrogens is 392 g/mol. The molecule has 2 N–H and O–H groups in total. The molecule has 2 fully saturated rings. The Morgan fingerprint density at radius 1 is 0.871 bits per heavy atom. The highest BCUT2D eigenvalue weighted by atomic mass is 16.3. The Morgan fingerprint density at radius 2 is 1.45 bits per heavy atom. The van der Waals surface area contributed by atoms with Crippen LogP contribution in [0.4, 0.5) is 11.6 Å². The lowest BCUT2D eigenvalue weighted by molar-refractivity contribution is 0.189. The molecule has 0 aliphatic carbocycles. The minimum absolute atomic E-state index is 0.117. The molecule has 0 aromatic carbocycles. The Kier molecular flexibility index (Phi) is 7.29. The topological polar surface area (TPSA) is 98.5 Å². The Morgan fingerprint density at radius 3 is 2.03 bits per heavy atom. The van der Waals surface area contributed by atoms with E-state index in [1.165, 1.54) is 38.5 Å². The first kappa shape index (κ1) is 21.9. The third-order valence-electron chi connectivity index (χ3n) is 6.73. The fraction of sp³-hybridized carbons (Fsp3) is 0.652. The molecule has 4 heterocycles. The van der Waals surface area contributed by atoms with Gasteiger partial charge in [-0.1, -0.05) is 0 Å². The summed E-state index contributed by atoms with van der Waals surface area (Å²) in [5.74, 6) is 4.33. The minimum Gasteiger partial charge on any atom is -0.388 e. The zero-order chi connectivity index (χ0) is 21.6. The van der Waals surface area contributed by atoms with E-state index in [0.717, 1.165) is 49.7 Å². The number of rotatable bonds is 5. The van der Waals surface area contributed by atoms with Gasteiger partial charge in [-0.15, -0.1) is 0 Å². The van der Waals surface area contributed by atoms with E-state index in [0.29, 0.717) is 11.6 Å². The van der Waals surface area contributed by atoms with Gasteiger partial charge in [0.15, 0.2) is 11.6 Å². The molecule has 168 valence electrons. The molecule has 2 aromatic rings. The van der Waals surface area contributed by atoms with Crippen molar-refractivity contribution in [3.63, 3.8) is 0 Å². The van der Waals surface area contributed by atoms with E-state index >= 15 is 0 Å². The molecule has 8 nitrogen and oxygen atoms in total. The SMILES string of the molecule is CC(O)c1nccc(N2CCCC(C3CCCN(c4ccnc(CO)n4)CC3)CC2)n1. The average molecular weight is 427 g/mol. The van der Waals surface area contributed by atoms with Crippen molar-refractivity contribution in [1.82, 2.24) is 19.9 Å². The second kappa shape index (κ2) is 10.3. The van der Waals surface area contributed by atoms with Gasteiger partial charge in [-0.25, -0.2) is 19.9 Å². The Balaban J connectivity index is 1.35. The van der Waals surface area contributed by atoms with Crippen molar-refractivity contribution >= 4 is 11.6 Å². The van der Waals surface area contributed by atoms with Crippen molar-refractivity contribution in [3.05, 3.63) is 36.2 Å². The van der Waals surface area contributed by atoms with Gasteiger partial charge >= 0.3 is 0 Å². The van der Waals surface area contributed by atoms with Gasteiger partial charge in [-0.05, 0) is 69.4 Å². The van der Waals surface area contributed by atoms with Gasteiger partial charge in [-0.3, -0.25) is 0 Å². The number of aliphatic hydroxyl groups is 2. The highest BCUT2D eigenvalue weighted by molar-refractivity contribution is 5.38. The van der Waals surface area contributed by atoms with Gasteiger partial charge in [0.25, 0.3) is 0 Å². The smallest absolute Gasteiger partial charge is 0.158 e. The molecule has 4 rings (SSSR count). The van der Waals surface area contributed by atoms with Crippen LogP contribution in [0.3, 0.4) is 0 Å².